The number of rotatable bonds is 6. The number of nitrogens with zero attached hydrogens (tertiary/aromatic N) is 3. The number of hydrogen-bond donors (Lipinski definition) is 1. The zero-order valence-corrected chi connectivity index (χ0v) is 12.4. The van der Waals surface area contributed by atoms with Crippen LogP contribution in [0.25, 0.3) is 0 Å². The van der Waals surface area contributed by atoms with Crippen LogP contribution in [-0.2, 0) is 11.2 Å². The van der Waals surface area contributed by atoms with Gasteiger partial charge in [0.2, 0.25) is 5.91 Å². The second-order valence-corrected chi connectivity index (χ2v) is 5.08. The predicted octanol–water partition coefficient (Wildman–Crippen LogP) is 1.90. The molecule has 0 saturated heterocycles. The molecule has 5 heteroatoms. The van der Waals surface area contributed by atoms with Crippen LogP contribution in [-0.4, -0.2) is 40.9 Å². The molecule has 21 heavy (non-hydrogen) atoms. The molecule has 2 rings (SSSR count). The average Bonchev–Trinajstić information content (AvgIpc) is 2.46. The quantitative estimate of drug-likeness (QED) is 0.880. The SMILES string of the molecule is Cc1ccnc(NC(=O)CN(C)CCc2ccccn2)c1. The van der Waals surface area contributed by atoms with Crippen molar-refractivity contribution >= 4 is 11.7 Å². The fourth-order valence-electron chi connectivity index (χ4n) is 1.96. The van der Waals surface area contributed by atoms with Gasteiger partial charge in [0.15, 0.2) is 0 Å². The first-order valence-electron chi connectivity index (χ1n) is 6.94. The fourth-order valence-corrected chi connectivity index (χ4v) is 1.96. The summed E-state index contributed by atoms with van der Waals surface area (Å²) in [6, 6.07) is 9.61. The van der Waals surface area contributed by atoms with Gasteiger partial charge < -0.3 is 5.32 Å². The molecule has 0 unspecified atom stereocenters. The van der Waals surface area contributed by atoms with E-state index in [1.54, 1.807) is 12.4 Å². The molecule has 0 atom stereocenters. The Balaban J connectivity index is 1.77. The Morgan fingerprint density at radius 3 is 2.81 bits per heavy atom. The lowest BCUT2D eigenvalue weighted by Crippen LogP contribution is -2.32. The van der Waals surface area contributed by atoms with Crippen molar-refractivity contribution in [3.63, 3.8) is 0 Å². The molecule has 0 radical (unpaired) electrons. The van der Waals surface area contributed by atoms with Gasteiger partial charge in [-0.3, -0.25) is 14.7 Å². The summed E-state index contributed by atoms with van der Waals surface area (Å²) in [5, 5.41) is 2.80. The van der Waals surface area contributed by atoms with Gasteiger partial charge in [0.05, 0.1) is 6.54 Å². The normalized spacial score (nSPS) is 10.6. The van der Waals surface area contributed by atoms with Gasteiger partial charge in [-0.05, 0) is 43.8 Å². The van der Waals surface area contributed by atoms with Crippen LogP contribution in [0.15, 0.2) is 42.7 Å². The Morgan fingerprint density at radius 2 is 2.10 bits per heavy atom. The molecule has 0 aliphatic carbocycles. The first kappa shape index (κ1) is 15.1. The van der Waals surface area contributed by atoms with Crippen LogP contribution < -0.4 is 5.32 Å². The Labute approximate surface area is 125 Å². The van der Waals surface area contributed by atoms with Gasteiger partial charge in [0.25, 0.3) is 0 Å². The molecule has 2 aromatic rings. The van der Waals surface area contributed by atoms with E-state index in [0.717, 1.165) is 24.2 Å². The maximum Gasteiger partial charge on any atom is 0.239 e. The second-order valence-electron chi connectivity index (χ2n) is 5.08. The minimum atomic E-state index is -0.0587. The smallest absolute Gasteiger partial charge is 0.239 e. The highest BCUT2D eigenvalue weighted by Gasteiger charge is 2.08. The van der Waals surface area contributed by atoms with Crippen molar-refractivity contribution in [2.45, 2.75) is 13.3 Å². The van der Waals surface area contributed by atoms with Gasteiger partial charge in [0.1, 0.15) is 5.82 Å². The van der Waals surface area contributed by atoms with Gasteiger partial charge in [-0.1, -0.05) is 6.07 Å². The molecule has 2 aromatic heterocycles. The zero-order valence-electron chi connectivity index (χ0n) is 12.4. The largest absolute Gasteiger partial charge is 0.310 e. The summed E-state index contributed by atoms with van der Waals surface area (Å²) in [7, 11) is 1.92. The van der Waals surface area contributed by atoms with Crippen LogP contribution in [0, 0.1) is 6.92 Å². The van der Waals surface area contributed by atoms with E-state index in [4.69, 9.17) is 0 Å². The van der Waals surface area contributed by atoms with Gasteiger partial charge in [0, 0.05) is 31.1 Å². The van der Waals surface area contributed by atoms with Gasteiger partial charge in [-0.15, -0.1) is 0 Å². The van der Waals surface area contributed by atoms with Gasteiger partial charge >= 0.3 is 0 Å². The van der Waals surface area contributed by atoms with Gasteiger partial charge in [-0.25, -0.2) is 4.98 Å². The summed E-state index contributed by atoms with van der Waals surface area (Å²) >= 11 is 0. The van der Waals surface area contributed by atoms with E-state index in [9.17, 15) is 4.79 Å². The van der Waals surface area contributed by atoms with Gasteiger partial charge in [-0.2, -0.15) is 0 Å². The van der Waals surface area contributed by atoms with Crippen molar-refractivity contribution in [2.24, 2.45) is 0 Å². The first-order chi connectivity index (χ1) is 10.1. The maximum atomic E-state index is 11.9. The van der Waals surface area contributed by atoms with Crippen molar-refractivity contribution in [1.29, 1.82) is 0 Å². The number of pyridine rings is 2. The molecule has 0 bridgehead atoms. The summed E-state index contributed by atoms with van der Waals surface area (Å²) in [5.74, 6) is 0.537. The van der Waals surface area contributed by atoms with E-state index >= 15 is 0 Å². The second kappa shape index (κ2) is 7.50. The van der Waals surface area contributed by atoms with Crippen LogP contribution in [0.2, 0.25) is 0 Å². The molecule has 1 N–H and O–H groups in total. The molecule has 5 nitrogen and oxygen atoms in total. The number of aromatic nitrogens is 2. The molecule has 0 aliphatic rings. The van der Waals surface area contributed by atoms with E-state index in [1.165, 1.54) is 0 Å². The lowest BCUT2D eigenvalue weighted by atomic mass is 10.2. The van der Waals surface area contributed by atoms with E-state index in [0.29, 0.717) is 12.4 Å². The molecule has 0 spiro atoms. The molecule has 0 aliphatic heterocycles. The van der Waals surface area contributed by atoms with Crippen LogP contribution in [0.4, 0.5) is 5.82 Å². The molecule has 0 fully saturated rings. The Bertz CT molecular complexity index is 586. The van der Waals surface area contributed by atoms with E-state index in [2.05, 4.69) is 15.3 Å². The number of aryl methyl sites for hydroxylation is 1. The number of hydrogen-bond acceptors (Lipinski definition) is 4. The van der Waals surface area contributed by atoms with Crippen LogP contribution in [0.3, 0.4) is 0 Å². The van der Waals surface area contributed by atoms with E-state index in [1.807, 2.05) is 49.2 Å². The van der Waals surface area contributed by atoms with Crippen molar-refractivity contribution in [2.75, 3.05) is 25.5 Å². The minimum absolute atomic E-state index is 0.0587. The molecule has 2 heterocycles. The topological polar surface area (TPSA) is 58.1 Å². The van der Waals surface area contributed by atoms with Crippen LogP contribution in [0.5, 0.6) is 0 Å². The first-order valence-corrected chi connectivity index (χ1v) is 6.94. The zero-order chi connectivity index (χ0) is 15.1. The molecular formula is C16H20N4O. The Kier molecular flexibility index (Phi) is 5.40. The van der Waals surface area contributed by atoms with Crippen molar-refractivity contribution in [3.05, 3.63) is 54.0 Å². The Hall–Kier alpha value is -2.27. The van der Waals surface area contributed by atoms with Crippen molar-refractivity contribution in [3.8, 4) is 0 Å². The minimum Gasteiger partial charge on any atom is -0.310 e. The van der Waals surface area contributed by atoms with Crippen molar-refractivity contribution in [1.82, 2.24) is 14.9 Å². The third-order valence-electron chi connectivity index (χ3n) is 3.07. The number of carbonyl (C=O) groups is 1. The summed E-state index contributed by atoms with van der Waals surface area (Å²) in [6.07, 6.45) is 4.30. The third kappa shape index (κ3) is 5.31. The number of likely N-dealkylation sites (N-methyl/N-ethyl adjacent to an activating group) is 1. The Morgan fingerprint density at radius 1 is 1.24 bits per heavy atom. The van der Waals surface area contributed by atoms with Crippen LogP contribution >= 0.6 is 0 Å². The summed E-state index contributed by atoms with van der Waals surface area (Å²) in [6.45, 7) is 3.09. The predicted molar refractivity (Wildman–Crippen MR) is 83.0 cm³/mol. The molecular weight excluding hydrogens is 264 g/mol. The number of nitrogens with one attached hydrogen (secondary N) is 1. The van der Waals surface area contributed by atoms with E-state index < -0.39 is 0 Å². The lowest BCUT2D eigenvalue weighted by Gasteiger charge is -2.15. The lowest BCUT2D eigenvalue weighted by molar-refractivity contribution is -0.117. The number of anilines is 1. The highest BCUT2D eigenvalue weighted by atomic mass is 16.2. The average molecular weight is 284 g/mol. The fraction of sp³-hybridized carbons (Fsp3) is 0.312. The molecule has 1 amide bonds. The summed E-state index contributed by atoms with van der Waals surface area (Å²) in [5.41, 5.74) is 2.11. The monoisotopic (exact) mass is 284 g/mol. The third-order valence-corrected chi connectivity index (χ3v) is 3.07. The molecule has 110 valence electrons. The van der Waals surface area contributed by atoms with Crippen molar-refractivity contribution < 1.29 is 4.79 Å². The summed E-state index contributed by atoms with van der Waals surface area (Å²) < 4.78 is 0. The molecule has 0 saturated carbocycles. The van der Waals surface area contributed by atoms with Crippen LogP contribution in [0.1, 0.15) is 11.3 Å². The highest BCUT2D eigenvalue weighted by molar-refractivity contribution is 5.91. The number of amides is 1. The standard InChI is InChI=1S/C16H20N4O/c1-13-6-9-18-15(11-13)19-16(21)12-20(2)10-7-14-5-3-4-8-17-14/h3-6,8-9,11H,7,10,12H2,1-2H3,(H,18,19,21). The summed E-state index contributed by atoms with van der Waals surface area (Å²) in [4.78, 5) is 22.3. The highest BCUT2D eigenvalue weighted by Crippen LogP contribution is 2.05. The molecule has 0 aromatic carbocycles. The number of carbonyl (C=O) groups excluding carboxylic acids is 1. The maximum absolute atomic E-state index is 11.9. The van der Waals surface area contributed by atoms with E-state index in [-0.39, 0.29) is 5.91 Å².